The molecule has 0 bridgehead atoms. The van der Waals surface area contributed by atoms with Crippen LogP contribution in [0, 0.1) is 0 Å². The lowest BCUT2D eigenvalue weighted by molar-refractivity contribution is 0.173. The molecule has 0 spiro atoms. The fraction of sp³-hybridized carbons (Fsp3) is 0.375. The molecule has 0 aliphatic carbocycles. The van der Waals surface area contributed by atoms with Gasteiger partial charge < -0.3 is 10.4 Å². The Balaban J connectivity index is 1.91. The Kier molecular flexibility index (Phi) is 6.05. The summed E-state index contributed by atoms with van der Waals surface area (Å²) in [5.74, 6) is 0.326. The van der Waals surface area contributed by atoms with Gasteiger partial charge in [-0.3, -0.25) is 0 Å². The van der Waals surface area contributed by atoms with Crippen molar-refractivity contribution >= 4 is 22.9 Å². The van der Waals surface area contributed by atoms with E-state index in [1.165, 1.54) is 10.4 Å². The van der Waals surface area contributed by atoms with Crippen molar-refractivity contribution in [1.29, 1.82) is 0 Å². The van der Waals surface area contributed by atoms with E-state index in [0.29, 0.717) is 5.92 Å². The molecule has 1 heterocycles. The predicted molar refractivity (Wildman–Crippen MR) is 86.5 cm³/mol. The molecule has 0 radical (unpaired) electrons. The summed E-state index contributed by atoms with van der Waals surface area (Å²) in [4.78, 5) is 1.24. The Morgan fingerprint density at radius 1 is 1.20 bits per heavy atom. The third kappa shape index (κ3) is 4.91. The van der Waals surface area contributed by atoms with Crippen molar-refractivity contribution < 1.29 is 5.11 Å². The number of hydrogen-bond donors (Lipinski definition) is 2. The zero-order valence-electron chi connectivity index (χ0n) is 11.6. The first kappa shape index (κ1) is 15.5. The van der Waals surface area contributed by atoms with E-state index in [1.54, 1.807) is 11.3 Å². The van der Waals surface area contributed by atoms with E-state index in [-0.39, 0.29) is 6.10 Å². The number of aliphatic hydroxyl groups is 1. The van der Waals surface area contributed by atoms with Crippen molar-refractivity contribution in [2.75, 3.05) is 6.54 Å². The van der Waals surface area contributed by atoms with Crippen LogP contribution in [0.5, 0.6) is 0 Å². The molecule has 1 aromatic heterocycles. The van der Waals surface area contributed by atoms with Crippen LogP contribution in [0.15, 0.2) is 42.5 Å². The van der Waals surface area contributed by atoms with Crippen LogP contribution < -0.4 is 5.32 Å². The lowest BCUT2D eigenvalue weighted by Crippen LogP contribution is -2.23. The predicted octanol–water partition coefficient (Wildman–Crippen LogP) is 4.05. The van der Waals surface area contributed by atoms with Crippen LogP contribution in [0.25, 0.3) is 0 Å². The van der Waals surface area contributed by atoms with Gasteiger partial charge in [0.05, 0.1) is 10.4 Å². The molecule has 0 saturated carbocycles. The lowest BCUT2D eigenvalue weighted by Gasteiger charge is -2.19. The summed E-state index contributed by atoms with van der Waals surface area (Å²) < 4.78 is 0.824. The highest BCUT2D eigenvalue weighted by atomic mass is 35.5. The normalized spacial score (nSPS) is 14.2. The molecule has 2 rings (SSSR count). The fourth-order valence-electron chi connectivity index (χ4n) is 2.29. The maximum absolute atomic E-state index is 9.66. The Bertz CT molecular complexity index is 512. The molecule has 108 valence electrons. The molecular formula is C16H20ClNOS. The van der Waals surface area contributed by atoms with E-state index < -0.39 is 0 Å². The van der Waals surface area contributed by atoms with Crippen LogP contribution in [0.4, 0.5) is 0 Å². The largest absolute Gasteiger partial charge is 0.393 e. The second-order valence-corrected chi connectivity index (χ2v) is 6.83. The van der Waals surface area contributed by atoms with Gasteiger partial charge in [-0.1, -0.05) is 41.9 Å². The van der Waals surface area contributed by atoms with Gasteiger partial charge in [-0.2, -0.15) is 0 Å². The topological polar surface area (TPSA) is 32.3 Å². The third-order valence-electron chi connectivity index (χ3n) is 3.22. The van der Waals surface area contributed by atoms with Crippen molar-refractivity contribution in [2.24, 2.45) is 0 Å². The molecule has 0 amide bonds. The van der Waals surface area contributed by atoms with Gasteiger partial charge in [0.2, 0.25) is 0 Å². The summed E-state index contributed by atoms with van der Waals surface area (Å²) in [6, 6.07) is 14.3. The fourth-order valence-corrected chi connectivity index (χ4v) is 3.35. The van der Waals surface area contributed by atoms with Gasteiger partial charge in [0.15, 0.2) is 0 Å². The van der Waals surface area contributed by atoms with Crippen molar-refractivity contribution in [1.82, 2.24) is 5.32 Å². The Morgan fingerprint density at radius 3 is 2.55 bits per heavy atom. The molecule has 0 saturated heterocycles. The zero-order chi connectivity index (χ0) is 14.4. The summed E-state index contributed by atoms with van der Waals surface area (Å²) in [5, 5.41) is 13.1. The van der Waals surface area contributed by atoms with Crippen LogP contribution in [0.3, 0.4) is 0 Å². The molecule has 2 nitrogen and oxygen atoms in total. The van der Waals surface area contributed by atoms with Gasteiger partial charge in [-0.05, 0) is 37.0 Å². The molecule has 2 N–H and O–H groups in total. The van der Waals surface area contributed by atoms with E-state index >= 15 is 0 Å². The highest BCUT2D eigenvalue weighted by Crippen LogP contribution is 2.23. The summed E-state index contributed by atoms with van der Waals surface area (Å²) in [6.45, 7) is 3.51. The van der Waals surface area contributed by atoms with Crippen molar-refractivity contribution in [3.63, 3.8) is 0 Å². The summed E-state index contributed by atoms with van der Waals surface area (Å²) in [5.41, 5.74) is 1.27. The molecular weight excluding hydrogens is 290 g/mol. The number of aliphatic hydroxyl groups excluding tert-OH is 1. The summed E-state index contributed by atoms with van der Waals surface area (Å²) >= 11 is 7.53. The highest BCUT2D eigenvalue weighted by molar-refractivity contribution is 7.16. The standard InChI is InChI=1S/C16H20ClNOS/c1-12(19)9-14(13-5-3-2-4-6-13)10-18-11-15-7-8-16(17)20-15/h2-8,12,14,18-19H,9-11H2,1H3. The van der Waals surface area contributed by atoms with E-state index in [4.69, 9.17) is 11.6 Å². The van der Waals surface area contributed by atoms with Gasteiger partial charge in [0.25, 0.3) is 0 Å². The first-order valence-corrected chi connectivity index (χ1v) is 8.02. The molecule has 20 heavy (non-hydrogen) atoms. The summed E-state index contributed by atoms with van der Waals surface area (Å²) in [7, 11) is 0. The van der Waals surface area contributed by atoms with Crippen molar-refractivity contribution in [2.45, 2.75) is 31.9 Å². The average molecular weight is 310 g/mol. The molecule has 0 fully saturated rings. The number of thiophene rings is 1. The first-order valence-electron chi connectivity index (χ1n) is 6.83. The highest BCUT2D eigenvalue weighted by Gasteiger charge is 2.13. The van der Waals surface area contributed by atoms with Gasteiger partial charge in [-0.25, -0.2) is 0 Å². The molecule has 2 atom stereocenters. The van der Waals surface area contributed by atoms with Crippen molar-refractivity contribution in [3.8, 4) is 0 Å². The zero-order valence-corrected chi connectivity index (χ0v) is 13.1. The van der Waals surface area contributed by atoms with Gasteiger partial charge in [0.1, 0.15) is 0 Å². The molecule has 1 aromatic carbocycles. The van der Waals surface area contributed by atoms with Gasteiger partial charge in [-0.15, -0.1) is 11.3 Å². The monoisotopic (exact) mass is 309 g/mol. The van der Waals surface area contributed by atoms with Crippen LogP contribution in [0.2, 0.25) is 4.34 Å². The van der Waals surface area contributed by atoms with Crippen LogP contribution >= 0.6 is 22.9 Å². The maximum atomic E-state index is 9.66. The number of rotatable bonds is 7. The molecule has 2 unspecified atom stereocenters. The SMILES string of the molecule is CC(O)CC(CNCc1ccc(Cl)s1)c1ccccc1. The average Bonchev–Trinajstić information content (AvgIpc) is 2.84. The lowest BCUT2D eigenvalue weighted by atomic mass is 9.93. The minimum atomic E-state index is -0.293. The minimum Gasteiger partial charge on any atom is -0.393 e. The van der Waals surface area contributed by atoms with Crippen LogP contribution in [-0.4, -0.2) is 17.8 Å². The van der Waals surface area contributed by atoms with Gasteiger partial charge in [0, 0.05) is 18.0 Å². The molecule has 0 aliphatic heterocycles. The van der Waals surface area contributed by atoms with E-state index in [1.807, 2.05) is 37.3 Å². The smallest absolute Gasteiger partial charge is 0.0931 e. The van der Waals surface area contributed by atoms with E-state index in [2.05, 4.69) is 17.4 Å². The molecule has 2 aromatic rings. The Hall–Kier alpha value is -0.870. The van der Waals surface area contributed by atoms with Crippen LogP contribution in [0.1, 0.15) is 29.7 Å². The van der Waals surface area contributed by atoms with E-state index in [9.17, 15) is 5.11 Å². The number of nitrogens with one attached hydrogen (secondary N) is 1. The summed E-state index contributed by atoms with van der Waals surface area (Å²) in [6.07, 6.45) is 0.473. The van der Waals surface area contributed by atoms with Gasteiger partial charge >= 0.3 is 0 Å². The molecule has 4 heteroatoms. The number of halogens is 1. The Labute approximate surface area is 129 Å². The second kappa shape index (κ2) is 7.79. The molecule has 0 aliphatic rings. The number of benzene rings is 1. The second-order valence-electron chi connectivity index (χ2n) is 5.03. The third-order valence-corrected chi connectivity index (χ3v) is 4.45. The minimum absolute atomic E-state index is 0.293. The number of hydrogen-bond acceptors (Lipinski definition) is 3. The quantitative estimate of drug-likeness (QED) is 0.809. The van der Waals surface area contributed by atoms with E-state index in [0.717, 1.165) is 23.8 Å². The Morgan fingerprint density at radius 2 is 1.95 bits per heavy atom. The first-order chi connectivity index (χ1) is 9.65. The van der Waals surface area contributed by atoms with Crippen molar-refractivity contribution in [3.05, 3.63) is 57.2 Å². The van der Waals surface area contributed by atoms with Crippen LogP contribution in [-0.2, 0) is 6.54 Å². The maximum Gasteiger partial charge on any atom is 0.0931 e.